The lowest BCUT2D eigenvalue weighted by Crippen LogP contribution is -2.40. The molecule has 0 N–H and O–H groups in total. The predicted molar refractivity (Wildman–Crippen MR) is 68.9 cm³/mol. The molecule has 1 heterocycles. The Morgan fingerprint density at radius 1 is 1.06 bits per heavy atom. The van der Waals surface area contributed by atoms with Gasteiger partial charge in [0.2, 0.25) is 0 Å². The SMILES string of the molecule is CC(C)C(=O)CN1CCC(C(=O)C(C)C)CC1. The Labute approximate surface area is 105 Å². The number of nitrogens with zero attached hydrogens (tertiary/aromatic N) is 1. The molecule has 17 heavy (non-hydrogen) atoms. The fourth-order valence-electron chi connectivity index (χ4n) is 2.25. The number of piperidine rings is 1. The number of rotatable bonds is 5. The molecule has 3 heteroatoms. The lowest BCUT2D eigenvalue weighted by molar-refractivity contribution is -0.127. The van der Waals surface area contributed by atoms with Gasteiger partial charge >= 0.3 is 0 Å². The summed E-state index contributed by atoms with van der Waals surface area (Å²) in [6.07, 6.45) is 1.84. The average molecular weight is 239 g/mol. The molecule has 0 aromatic carbocycles. The molecule has 1 rings (SSSR count). The van der Waals surface area contributed by atoms with Crippen LogP contribution in [0.5, 0.6) is 0 Å². The van der Waals surface area contributed by atoms with Crippen LogP contribution in [0.2, 0.25) is 0 Å². The molecule has 1 aliphatic rings. The molecular formula is C14H25NO2. The third-order valence-corrected chi connectivity index (χ3v) is 3.58. The summed E-state index contributed by atoms with van der Waals surface area (Å²) in [6, 6.07) is 0. The lowest BCUT2D eigenvalue weighted by atomic mass is 9.87. The zero-order valence-corrected chi connectivity index (χ0v) is 11.5. The van der Waals surface area contributed by atoms with E-state index in [1.54, 1.807) is 0 Å². The fourth-order valence-corrected chi connectivity index (χ4v) is 2.25. The number of hydrogen-bond acceptors (Lipinski definition) is 3. The van der Waals surface area contributed by atoms with E-state index in [-0.39, 0.29) is 17.8 Å². The Kier molecular flexibility index (Phi) is 5.31. The minimum absolute atomic E-state index is 0.116. The highest BCUT2D eigenvalue weighted by Gasteiger charge is 2.27. The van der Waals surface area contributed by atoms with E-state index in [1.165, 1.54) is 0 Å². The second kappa shape index (κ2) is 6.29. The fraction of sp³-hybridized carbons (Fsp3) is 0.857. The molecule has 0 bridgehead atoms. The van der Waals surface area contributed by atoms with Crippen molar-refractivity contribution in [2.75, 3.05) is 19.6 Å². The Hall–Kier alpha value is -0.700. The van der Waals surface area contributed by atoms with Crippen LogP contribution in [0.15, 0.2) is 0 Å². The second-order valence-electron chi connectivity index (χ2n) is 5.73. The molecule has 0 unspecified atom stereocenters. The molecular weight excluding hydrogens is 214 g/mol. The monoisotopic (exact) mass is 239 g/mol. The molecule has 1 saturated heterocycles. The number of carbonyl (C=O) groups excluding carboxylic acids is 2. The Balaban J connectivity index is 2.36. The quantitative estimate of drug-likeness (QED) is 0.737. The van der Waals surface area contributed by atoms with E-state index in [0.29, 0.717) is 18.1 Å². The van der Waals surface area contributed by atoms with Crippen molar-refractivity contribution >= 4 is 11.6 Å². The van der Waals surface area contributed by atoms with Gasteiger partial charge in [-0.3, -0.25) is 14.5 Å². The maximum Gasteiger partial charge on any atom is 0.149 e. The molecule has 1 fully saturated rings. The summed E-state index contributed by atoms with van der Waals surface area (Å²) in [4.78, 5) is 25.7. The van der Waals surface area contributed by atoms with Crippen molar-refractivity contribution in [3.05, 3.63) is 0 Å². The summed E-state index contributed by atoms with van der Waals surface area (Å²) in [6.45, 7) is 10.2. The predicted octanol–water partition coefficient (Wildman–Crippen LogP) is 2.15. The molecule has 3 nitrogen and oxygen atoms in total. The third-order valence-electron chi connectivity index (χ3n) is 3.58. The van der Waals surface area contributed by atoms with Crippen molar-refractivity contribution in [3.63, 3.8) is 0 Å². The second-order valence-corrected chi connectivity index (χ2v) is 5.73. The summed E-state index contributed by atoms with van der Waals surface area (Å²) >= 11 is 0. The molecule has 0 aromatic rings. The highest BCUT2D eigenvalue weighted by Crippen LogP contribution is 2.21. The van der Waals surface area contributed by atoms with Crippen LogP contribution in [0.3, 0.4) is 0 Å². The van der Waals surface area contributed by atoms with Crippen LogP contribution in [0, 0.1) is 17.8 Å². The molecule has 0 spiro atoms. The molecule has 0 amide bonds. The van der Waals surface area contributed by atoms with E-state index in [2.05, 4.69) is 4.90 Å². The minimum atomic E-state index is 0.116. The topological polar surface area (TPSA) is 37.4 Å². The largest absolute Gasteiger partial charge is 0.299 e. The molecule has 98 valence electrons. The average Bonchev–Trinajstić information content (AvgIpc) is 2.28. The zero-order chi connectivity index (χ0) is 13.0. The Morgan fingerprint density at radius 2 is 1.59 bits per heavy atom. The highest BCUT2D eigenvalue weighted by atomic mass is 16.1. The van der Waals surface area contributed by atoms with Crippen molar-refractivity contribution in [1.82, 2.24) is 4.90 Å². The van der Waals surface area contributed by atoms with Gasteiger partial charge in [0, 0.05) is 17.8 Å². The molecule has 0 saturated carbocycles. The standard InChI is InChI=1S/C14H25NO2/c1-10(2)13(16)9-15-7-5-12(6-8-15)14(17)11(3)4/h10-12H,5-9H2,1-4H3. The van der Waals surface area contributed by atoms with Gasteiger partial charge in [-0.25, -0.2) is 0 Å². The summed E-state index contributed by atoms with van der Waals surface area (Å²) in [7, 11) is 0. The van der Waals surface area contributed by atoms with Gasteiger partial charge in [0.15, 0.2) is 0 Å². The summed E-state index contributed by atoms with van der Waals surface area (Å²) in [5.74, 6) is 1.17. The number of likely N-dealkylation sites (tertiary alicyclic amines) is 1. The van der Waals surface area contributed by atoms with Gasteiger partial charge in [-0.1, -0.05) is 27.7 Å². The van der Waals surface area contributed by atoms with Gasteiger partial charge in [0.1, 0.15) is 11.6 Å². The molecule has 0 aromatic heterocycles. The third kappa shape index (κ3) is 4.23. The first kappa shape index (κ1) is 14.4. The highest BCUT2D eigenvalue weighted by molar-refractivity contribution is 5.83. The van der Waals surface area contributed by atoms with Crippen LogP contribution >= 0.6 is 0 Å². The van der Waals surface area contributed by atoms with Crippen molar-refractivity contribution < 1.29 is 9.59 Å². The van der Waals surface area contributed by atoms with E-state index in [9.17, 15) is 9.59 Å². The van der Waals surface area contributed by atoms with Crippen LogP contribution in [0.4, 0.5) is 0 Å². The van der Waals surface area contributed by atoms with Crippen molar-refractivity contribution in [2.45, 2.75) is 40.5 Å². The molecule has 0 atom stereocenters. The summed E-state index contributed by atoms with van der Waals surface area (Å²) in [5.41, 5.74) is 0. The first-order chi connectivity index (χ1) is 7.91. The van der Waals surface area contributed by atoms with Crippen LogP contribution < -0.4 is 0 Å². The van der Waals surface area contributed by atoms with Crippen LogP contribution in [0.25, 0.3) is 0 Å². The van der Waals surface area contributed by atoms with Crippen molar-refractivity contribution in [3.8, 4) is 0 Å². The maximum atomic E-state index is 11.8. The van der Waals surface area contributed by atoms with E-state index < -0.39 is 0 Å². The van der Waals surface area contributed by atoms with Gasteiger partial charge in [-0.15, -0.1) is 0 Å². The number of hydrogen-bond donors (Lipinski definition) is 0. The summed E-state index contributed by atoms with van der Waals surface area (Å²) in [5, 5.41) is 0. The van der Waals surface area contributed by atoms with Crippen LogP contribution in [0.1, 0.15) is 40.5 Å². The first-order valence-corrected chi connectivity index (χ1v) is 6.70. The van der Waals surface area contributed by atoms with Crippen molar-refractivity contribution in [2.24, 2.45) is 17.8 Å². The van der Waals surface area contributed by atoms with Gasteiger partial charge in [-0.05, 0) is 25.9 Å². The van der Waals surface area contributed by atoms with Crippen molar-refractivity contribution in [1.29, 1.82) is 0 Å². The smallest absolute Gasteiger partial charge is 0.149 e. The number of carbonyl (C=O) groups is 2. The Bertz CT molecular complexity index is 276. The Morgan fingerprint density at radius 3 is 2.00 bits per heavy atom. The molecule has 1 aliphatic heterocycles. The normalized spacial score (nSPS) is 18.9. The number of ketones is 2. The van der Waals surface area contributed by atoms with Crippen LogP contribution in [-0.2, 0) is 9.59 Å². The van der Waals surface area contributed by atoms with Gasteiger partial charge in [0.05, 0.1) is 6.54 Å². The van der Waals surface area contributed by atoms with Crippen LogP contribution in [-0.4, -0.2) is 36.1 Å². The van der Waals surface area contributed by atoms with Gasteiger partial charge in [0.25, 0.3) is 0 Å². The molecule has 0 radical (unpaired) electrons. The molecule has 0 aliphatic carbocycles. The summed E-state index contributed by atoms with van der Waals surface area (Å²) < 4.78 is 0. The minimum Gasteiger partial charge on any atom is -0.299 e. The van der Waals surface area contributed by atoms with E-state index in [1.807, 2.05) is 27.7 Å². The maximum absolute atomic E-state index is 11.8. The lowest BCUT2D eigenvalue weighted by Gasteiger charge is -2.31. The van der Waals surface area contributed by atoms with E-state index in [0.717, 1.165) is 25.9 Å². The first-order valence-electron chi connectivity index (χ1n) is 6.70. The van der Waals surface area contributed by atoms with Gasteiger partial charge < -0.3 is 0 Å². The number of Topliss-reactive ketones (excluding diaryl/α,β-unsaturated/α-hetero) is 2. The van der Waals surface area contributed by atoms with Gasteiger partial charge in [-0.2, -0.15) is 0 Å². The van der Waals surface area contributed by atoms with E-state index >= 15 is 0 Å². The van der Waals surface area contributed by atoms with E-state index in [4.69, 9.17) is 0 Å². The zero-order valence-electron chi connectivity index (χ0n) is 11.5.